The van der Waals surface area contributed by atoms with Gasteiger partial charge in [0.1, 0.15) is 0 Å². The summed E-state index contributed by atoms with van der Waals surface area (Å²) in [4.78, 5) is 2.46. The van der Waals surface area contributed by atoms with Gasteiger partial charge in [-0.25, -0.2) is 0 Å². The fraction of sp³-hybridized carbons (Fsp3) is 1.00. The van der Waals surface area contributed by atoms with E-state index in [1.807, 2.05) is 7.05 Å². The number of ether oxygens (including phenoxy) is 4. The van der Waals surface area contributed by atoms with Crippen molar-refractivity contribution >= 4 is 20.9 Å². The monoisotopic (exact) mass is 471 g/mol. The molecule has 7 atom stereocenters. The van der Waals surface area contributed by atoms with E-state index < -0.39 is 0 Å². The van der Waals surface area contributed by atoms with Gasteiger partial charge >= 0.3 is 163 Å². The molecule has 3 fully saturated rings. The molecule has 146 valence electrons. The third-order valence-corrected chi connectivity index (χ3v) is 9.54. The van der Waals surface area contributed by atoms with Gasteiger partial charge in [0.15, 0.2) is 0 Å². The molecule has 3 aliphatic rings. The molecule has 0 aromatic heterocycles. The van der Waals surface area contributed by atoms with E-state index in [0.717, 1.165) is 42.0 Å². The standard InChI is InChI=1S/C19H35NO4Te/c1-12(2)14-8-21-6-5-13(14)15-9-22-16(7-18(15)25-4)17-10-24-19(20-3)11-23-17/h12-20H,5-11H2,1-4H3. The van der Waals surface area contributed by atoms with Crippen molar-refractivity contribution in [3.63, 3.8) is 0 Å². The van der Waals surface area contributed by atoms with E-state index in [-0.39, 0.29) is 39.4 Å². The van der Waals surface area contributed by atoms with E-state index in [1.165, 1.54) is 6.42 Å². The van der Waals surface area contributed by atoms with Crippen LogP contribution in [0.15, 0.2) is 0 Å². The quantitative estimate of drug-likeness (QED) is 0.627. The summed E-state index contributed by atoms with van der Waals surface area (Å²) in [6.45, 7) is 8.72. The Morgan fingerprint density at radius 1 is 0.960 bits per heavy atom. The second-order valence-corrected chi connectivity index (χ2v) is 11.0. The number of likely N-dealkylation sites (N-methyl/N-ethyl adjacent to an activating group) is 1. The maximum atomic E-state index is 6.37. The van der Waals surface area contributed by atoms with Gasteiger partial charge < -0.3 is 0 Å². The van der Waals surface area contributed by atoms with Crippen LogP contribution in [0.3, 0.4) is 0 Å². The zero-order valence-corrected chi connectivity index (χ0v) is 18.4. The van der Waals surface area contributed by atoms with Crippen LogP contribution in [0.2, 0.25) is 8.94 Å². The molecule has 0 radical (unpaired) electrons. The molecule has 0 bridgehead atoms. The molecule has 0 amide bonds. The van der Waals surface area contributed by atoms with Gasteiger partial charge in [-0.3, -0.25) is 0 Å². The van der Waals surface area contributed by atoms with Crippen LogP contribution in [0.4, 0.5) is 0 Å². The topological polar surface area (TPSA) is 49.0 Å². The molecule has 0 spiro atoms. The van der Waals surface area contributed by atoms with Gasteiger partial charge in [-0.2, -0.15) is 0 Å². The van der Waals surface area contributed by atoms with Gasteiger partial charge in [-0.15, -0.1) is 0 Å². The molecule has 0 aromatic rings. The van der Waals surface area contributed by atoms with E-state index in [0.29, 0.717) is 25.0 Å². The maximum absolute atomic E-state index is 6.37. The van der Waals surface area contributed by atoms with E-state index in [1.54, 1.807) is 0 Å². The molecule has 3 aliphatic heterocycles. The van der Waals surface area contributed by atoms with Gasteiger partial charge in [-0.1, -0.05) is 0 Å². The van der Waals surface area contributed by atoms with Gasteiger partial charge in [0.25, 0.3) is 0 Å². The van der Waals surface area contributed by atoms with Gasteiger partial charge in [0.2, 0.25) is 0 Å². The summed E-state index contributed by atoms with van der Waals surface area (Å²) in [6, 6.07) is 0. The first-order chi connectivity index (χ1) is 12.1. The van der Waals surface area contributed by atoms with Crippen molar-refractivity contribution in [2.24, 2.45) is 23.7 Å². The molecular weight excluding hydrogens is 434 g/mol. The van der Waals surface area contributed by atoms with Crippen LogP contribution in [0.1, 0.15) is 26.7 Å². The first kappa shape index (κ1) is 20.3. The number of hydrogen-bond acceptors (Lipinski definition) is 5. The average molecular weight is 469 g/mol. The van der Waals surface area contributed by atoms with Crippen molar-refractivity contribution in [2.45, 2.75) is 54.1 Å². The molecule has 3 saturated heterocycles. The Balaban J connectivity index is 1.60. The summed E-state index contributed by atoms with van der Waals surface area (Å²) in [5.74, 6) is 2.86. The first-order valence-electron chi connectivity index (χ1n) is 9.76. The second kappa shape index (κ2) is 9.68. The minimum atomic E-state index is 0.000360. The molecular formula is C19H35NO4Te. The first-order valence-corrected chi connectivity index (χ1v) is 13.4. The Hall–Kier alpha value is 0.590. The molecule has 0 saturated carbocycles. The van der Waals surface area contributed by atoms with Crippen molar-refractivity contribution in [3.8, 4) is 0 Å². The third-order valence-electron chi connectivity index (χ3n) is 6.27. The SMILES string of the molecule is CNC1COC(C2CC([Te]C)C(C3CCOCC3C(C)C)CO2)CO1. The Kier molecular flexibility index (Phi) is 7.87. The fourth-order valence-corrected chi connectivity index (χ4v) is 7.53. The van der Waals surface area contributed by atoms with Crippen molar-refractivity contribution in [2.75, 3.05) is 40.1 Å². The predicted octanol–water partition coefficient (Wildman–Crippen LogP) is 2.20. The normalized spacial score (nSPS) is 43.3. The van der Waals surface area contributed by atoms with E-state index >= 15 is 0 Å². The molecule has 5 nitrogen and oxygen atoms in total. The molecule has 7 unspecified atom stereocenters. The Morgan fingerprint density at radius 2 is 1.76 bits per heavy atom. The zero-order valence-electron chi connectivity index (χ0n) is 16.1. The summed E-state index contributed by atoms with van der Waals surface area (Å²) in [5, 5.41) is 3.12. The number of hydrogen-bond donors (Lipinski definition) is 1. The van der Waals surface area contributed by atoms with Crippen LogP contribution in [0.5, 0.6) is 0 Å². The zero-order chi connectivity index (χ0) is 17.8. The number of rotatable bonds is 5. The van der Waals surface area contributed by atoms with Crippen LogP contribution in [-0.4, -0.2) is 79.4 Å². The van der Waals surface area contributed by atoms with Crippen LogP contribution in [0, 0.1) is 23.7 Å². The van der Waals surface area contributed by atoms with Crippen LogP contribution < -0.4 is 5.32 Å². The minimum absolute atomic E-state index is 0.000360. The average Bonchev–Trinajstić information content (AvgIpc) is 2.67. The summed E-state index contributed by atoms with van der Waals surface area (Å²) in [5.41, 5.74) is 0. The summed E-state index contributed by atoms with van der Waals surface area (Å²) in [6.07, 6.45) is 2.70. The van der Waals surface area contributed by atoms with Crippen molar-refractivity contribution < 1.29 is 18.9 Å². The van der Waals surface area contributed by atoms with Crippen molar-refractivity contribution in [3.05, 3.63) is 0 Å². The van der Waals surface area contributed by atoms with Gasteiger partial charge in [0, 0.05) is 0 Å². The predicted molar refractivity (Wildman–Crippen MR) is 99.0 cm³/mol. The summed E-state index contributed by atoms with van der Waals surface area (Å²) in [7, 11) is 1.91. The van der Waals surface area contributed by atoms with Gasteiger partial charge in [0.05, 0.1) is 0 Å². The molecule has 25 heavy (non-hydrogen) atoms. The molecule has 3 heterocycles. The summed E-state index contributed by atoms with van der Waals surface area (Å²) < 4.78 is 24.9. The van der Waals surface area contributed by atoms with Crippen LogP contribution >= 0.6 is 0 Å². The molecule has 6 heteroatoms. The van der Waals surface area contributed by atoms with Crippen LogP contribution in [0.25, 0.3) is 0 Å². The van der Waals surface area contributed by atoms with E-state index in [2.05, 4.69) is 24.1 Å². The third kappa shape index (κ3) is 4.90. The van der Waals surface area contributed by atoms with E-state index in [4.69, 9.17) is 18.9 Å². The van der Waals surface area contributed by atoms with Crippen LogP contribution in [-0.2, 0) is 18.9 Å². The number of nitrogens with one attached hydrogen (secondary N) is 1. The van der Waals surface area contributed by atoms with Crippen molar-refractivity contribution in [1.82, 2.24) is 5.32 Å². The second-order valence-electron chi connectivity index (χ2n) is 7.96. The molecule has 0 aliphatic carbocycles. The Bertz CT molecular complexity index is 403. The van der Waals surface area contributed by atoms with Gasteiger partial charge in [-0.05, 0) is 0 Å². The van der Waals surface area contributed by atoms with Crippen molar-refractivity contribution in [1.29, 1.82) is 0 Å². The molecule has 0 aromatic carbocycles. The fourth-order valence-electron chi connectivity index (χ4n) is 4.64. The Morgan fingerprint density at radius 3 is 2.40 bits per heavy atom. The molecule has 3 rings (SSSR count). The Labute approximate surface area is 162 Å². The molecule has 1 N–H and O–H groups in total. The summed E-state index contributed by atoms with van der Waals surface area (Å²) >= 11 is 0.000360. The van der Waals surface area contributed by atoms with E-state index in [9.17, 15) is 0 Å².